The zero-order valence-corrected chi connectivity index (χ0v) is 21.4. The molecule has 3 N–H and O–H groups in total. The van der Waals surface area contributed by atoms with Crippen molar-refractivity contribution in [2.45, 2.75) is 44.8 Å². The number of alkyl halides is 3. The van der Waals surface area contributed by atoms with E-state index in [-0.39, 0.29) is 50.2 Å². The van der Waals surface area contributed by atoms with Crippen molar-refractivity contribution in [3.05, 3.63) is 64.7 Å². The van der Waals surface area contributed by atoms with Crippen molar-refractivity contribution in [1.82, 2.24) is 20.4 Å². The number of rotatable bonds is 6. The molecule has 40 heavy (non-hydrogen) atoms. The Morgan fingerprint density at radius 1 is 1.10 bits per heavy atom. The van der Waals surface area contributed by atoms with Crippen molar-refractivity contribution in [2.24, 2.45) is 4.99 Å². The van der Waals surface area contributed by atoms with Crippen LogP contribution in [0.25, 0.3) is 0 Å². The normalized spacial score (nSPS) is 20.8. The second-order valence-electron chi connectivity index (χ2n) is 9.83. The predicted molar refractivity (Wildman–Crippen MR) is 138 cm³/mol. The molecular formula is C27H27F3N6O4. The molecule has 0 saturated carbocycles. The third-order valence-electron chi connectivity index (χ3n) is 6.98. The zero-order chi connectivity index (χ0) is 28.4. The highest BCUT2D eigenvalue weighted by Gasteiger charge is 2.40. The van der Waals surface area contributed by atoms with Gasteiger partial charge in [-0.3, -0.25) is 30.0 Å². The molecular weight excluding hydrogens is 529 g/mol. The number of carbonyl (C=O) groups is 3. The Bertz CT molecular complexity index is 1390. The van der Waals surface area contributed by atoms with E-state index in [4.69, 9.17) is 10.1 Å². The van der Waals surface area contributed by atoms with Gasteiger partial charge in [0.05, 0.1) is 13.1 Å². The van der Waals surface area contributed by atoms with E-state index in [0.29, 0.717) is 36.5 Å². The minimum Gasteiger partial charge on any atom is -0.489 e. The number of amidine groups is 2. The number of carbonyl (C=O) groups excluding carboxylic acids is 3. The third-order valence-corrected chi connectivity index (χ3v) is 6.98. The van der Waals surface area contributed by atoms with Gasteiger partial charge in [0.15, 0.2) is 0 Å². The lowest BCUT2D eigenvalue weighted by molar-refractivity contribution is -0.136. The molecule has 1 unspecified atom stereocenters. The molecule has 10 nitrogen and oxygen atoms in total. The SMILES string of the molecule is N=C(/N=C1/CN(Cc2cccc(COc3cccc4c3CN(C3CCC(=O)NC3=O)C4=O)c2)CCN1)C(F)(F)F. The Morgan fingerprint density at radius 3 is 2.65 bits per heavy atom. The number of fused-ring (bicyclic) bond motifs is 1. The molecule has 1 atom stereocenters. The monoisotopic (exact) mass is 556 g/mol. The Kier molecular flexibility index (Phi) is 7.57. The minimum atomic E-state index is -4.79. The molecule has 0 aliphatic carbocycles. The van der Waals surface area contributed by atoms with Gasteiger partial charge < -0.3 is 15.0 Å². The van der Waals surface area contributed by atoms with E-state index in [2.05, 4.69) is 15.6 Å². The highest BCUT2D eigenvalue weighted by Crippen LogP contribution is 2.34. The van der Waals surface area contributed by atoms with Gasteiger partial charge in [-0.05, 0) is 29.7 Å². The first-order valence-electron chi connectivity index (χ1n) is 12.7. The molecule has 3 aliphatic rings. The van der Waals surface area contributed by atoms with Gasteiger partial charge in [-0.2, -0.15) is 13.2 Å². The highest BCUT2D eigenvalue weighted by molar-refractivity contribution is 6.05. The van der Waals surface area contributed by atoms with Crippen molar-refractivity contribution in [2.75, 3.05) is 19.6 Å². The van der Waals surface area contributed by atoms with Crippen molar-refractivity contribution in [3.8, 4) is 5.75 Å². The van der Waals surface area contributed by atoms with Gasteiger partial charge in [-0.25, -0.2) is 4.99 Å². The Balaban J connectivity index is 1.22. The van der Waals surface area contributed by atoms with Crippen LogP contribution in [0.15, 0.2) is 47.5 Å². The third kappa shape index (κ3) is 5.98. The second-order valence-corrected chi connectivity index (χ2v) is 9.83. The van der Waals surface area contributed by atoms with Gasteiger partial charge in [0.2, 0.25) is 17.6 Å². The summed E-state index contributed by atoms with van der Waals surface area (Å²) in [6.07, 6.45) is -4.34. The average Bonchev–Trinajstić information content (AvgIpc) is 3.24. The van der Waals surface area contributed by atoms with Crippen molar-refractivity contribution < 1.29 is 32.3 Å². The fraction of sp³-hybridized carbons (Fsp3) is 0.370. The van der Waals surface area contributed by atoms with E-state index >= 15 is 0 Å². The van der Waals surface area contributed by atoms with Crippen LogP contribution in [0, 0.1) is 5.41 Å². The molecule has 210 valence electrons. The van der Waals surface area contributed by atoms with Crippen LogP contribution < -0.4 is 15.4 Å². The summed E-state index contributed by atoms with van der Waals surface area (Å²) >= 11 is 0. The number of amides is 3. The lowest BCUT2D eigenvalue weighted by atomic mass is 10.0. The van der Waals surface area contributed by atoms with Crippen LogP contribution in [-0.2, 0) is 29.3 Å². The van der Waals surface area contributed by atoms with Gasteiger partial charge in [-0.1, -0.05) is 30.3 Å². The molecule has 2 aromatic rings. The van der Waals surface area contributed by atoms with Crippen LogP contribution >= 0.6 is 0 Å². The largest absolute Gasteiger partial charge is 0.489 e. The summed E-state index contributed by atoms with van der Waals surface area (Å²) < 4.78 is 44.1. The van der Waals surface area contributed by atoms with Crippen LogP contribution in [0.3, 0.4) is 0 Å². The van der Waals surface area contributed by atoms with Gasteiger partial charge in [0.1, 0.15) is 24.2 Å². The van der Waals surface area contributed by atoms with Crippen molar-refractivity contribution >= 4 is 29.4 Å². The maximum absolute atomic E-state index is 13.0. The number of nitrogens with zero attached hydrogens (tertiary/aromatic N) is 3. The van der Waals surface area contributed by atoms with E-state index < -0.39 is 24.0 Å². The van der Waals surface area contributed by atoms with Gasteiger partial charge >= 0.3 is 6.18 Å². The molecule has 0 spiro atoms. The predicted octanol–water partition coefficient (Wildman–Crippen LogP) is 2.37. The first-order valence-corrected chi connectivity index (χ1v) is 12.7. The molecule has 0 aromatic heterocycles. The summed E-state index contributed by atoms with van der Waals surface area (Å²) in [5.74, 6) is -2.10. The molecule has 2 fully saturated rings. The molecule has 3 aliphatic heterocycles. The lowest BCUT2D eigenvalue weighted by Crippen LogP contribution is -2.52. The van der Waals surface area contributed by atoms with E-state index in [1.165, 1.54) is 4.90 Å². The smallest absolute Gasteiger partial charge is 0.450 e. The maximum atomic E-state index is 13.0. The molecule has 5 rings (SSSR count). The molecule has 2 aromatic carbocycles. The summed E-state index contributed by atoms with van der Waals surface area (Å²) in [7, 11) is 0. The van der Waals surface area contributed by atoms with E-state index in [0.717, 1.165) is 11.1 Å². The number of piperazine rings is 1. The minimum absolute atomic E-state index is 0.104. The van der Waals surface area contributed by atoms with Crippen LogP contribution in [-0.4, -0.2) is 71.0 Å². The second kappa shape index (κ2) is 11.1. The topological polar surface area (TPSA) is 127 Å². The van der Waals surface area contributed by atoms with Crippen molar-refractivity contribution in [1.29, 1.82) is 5.41 Å². The van der Waals surface area contributed by atoms with Crippen LogP contribution in [0.1, 0.15) is 39.9 Å². The molecule has 3 amide bonds. The maximum Gasteiger partial charge on any atom is 0.450 e. The molecule has 3 heterocycles. The number of ether oxygens (including phenoxy) is 1. The van der Waals surface area contributed by atoms with Gasteiger partial charge in [-0.15, -0.1) is 0 Å². The quantitative estimate of drug-likeness (QED) is 0.285. The van der Waals surface area contributed by atoms with Crippen LogP contribution in [0.5, 0.6) is 5.75 Å². The fourth-order valence-electron chi connectivity index (χ4n) is 5.04. The van der Waals surface area contributed by atoms with E-state index in [9.17, 15) is 27.6 Å². The number of imide groups is 1. The summed E-state index contributed by atoms with van der Waals surface area (Å²) in [4.78, 5) is 43.7. The number of hydrogen-bond acceptors (Lipinski definition) is 6. The van der Waals surface area contributed by atoms with E-state index in [1.54, 1.807) is 18.2 Å². The molecule has 2 saturated heterocycles. The number of piperidine rings is 1. The molecule has 13 heteroatoms. The summed E-state index contributed by atoms with van der Waals surface area (Å²) in [5, 5.41) is 12.2. The summed E-state index contributed by atoms with van der Waals surface area (Å²) in [5.41, 5.74) is 2.95. The molecule has 0 radical (unpaired) electrons. The molecule has 0 bridgehead atoms. The van der Waals surface area contributed by atoms with Gasteiger partial charge in [0, 0.05) is 37.2 Å². The van der Waals surface area contributed by atoms with E-state index in [1.807, 2.05) is 29.2 Å². The number of nitrogens with one attached hydrogen (secondary N) is 3. The standard InChI is InChI=1S/C27H27F3N6O4/c28-27(29,30)26(31)33-22-14-35(10-9-32-22)12-16-3-1-4-17(11-16)15-40-21-6-2-5-18-19(21)13-36(25(18)39)20-7-8-23(37)34-24(20)38/h1-6,11,20H,7-10,12-15H2,(H2,31,32,33)(H,34,37,38). The first-order chi connectivity index (χ1) is 19.1. The number of hydrogen-bond donors (Lipinski definition) is 3. The summed E-state index contributed by atoms with van der Waals surface area (Å²) in [6.45, 7) is 2.08. The average molecular weight is 557 g/mol. The Morgan fingerprint density at radius 2 is 1.88 bits per heavy atom. The fourth-order valence-corrected chi connectivity index (χ4v) is 5.04. The zero-order valence-electron chi connectivity index (χ0n) is 21.4. The number of benzene rings is 2. The van der Waals surface area contributed by atoms with Crippen molar-refractivity contribution in [3.63, 3.8) is 0 Å². The van der Waals surface area contributed by atoms with Crippen LogP contribution in [0.2, 0.25) is 0 Å². The van der Waals surface area contributed by atoms with Gasteiger partial charge in [0.25, 0.3) is 5.91 Å². The Labute approximate surface area is 227 Å². The highest BCUT2D eigenvalue weighted by atomic mass is 19.4. The number of halogens is 3. The van der Waals surface area contributed by atoms with Crippen LogP contribution in [0.4, 0.5) is 13.2 Å². The summed E-state index contributed by atoms with van der Waals surface area (Å²) in [6, 6.07) is 12.1. The lowest BCUT2D eigenvalue weighted by Gasteiger charge is -2.29. The first kappa shape index (κ1) is 27.3. The number of aliphatic imine (C=N–C) groups is 1. The Hall–Kier alpha value is -4.26.